The van der Waals surface area contributed by atoms with E-state index in [1.165, 1.54) is 4.88 Å². The molecule has 2 rings (SSSR count). The number of halogens is 1. The van der Waals surface area contributed by atoms with Gasteiger partial charge in [-0.1, -0.05) is 0 Å². The lowest BCUT2D eigenvalue weighted by atomic mass is 10.3. The maximum atomic E-state index is 4.40. The summed E-state index contributed by atoms with van der Waals surface area (Å²) in [5.41, 5.74) is 0.905. The van der Waals surface area contributed by atoms with Crippen molar-refractivity contribution < 1.29 is 0 Å². The monoisotopic (exact) mass is 297 g/mol. The molecule has 0 saturated heterocycles. The first-order valence-corrected chi connectivity index (χ1v) is 6.57. The molecule has 84 valence electrons. The molecule has 2 aromatic heterocycles. The van der Waals surface area contributed by atoms with E-state index in [1.807, 2.05) is 25.4 Å². The van der Waals surface area contributed by atoms with Crippen molar-refractivity contribution in [3.05, 3.63) is 33.9 Å². The van der Waals surface area contributed by atoms with Crippen molar-refractivity contribution in [3.63, 3.8) is 0 Å². The van der Waals surface area contributed by atoms with Crippen LogP contribution >= 0.6 is 27.3 Å². The van der Waals surface area contributed by atoms with Gasteiger partial charge in [-0.15, -0.1) is 11.3 Å². The van der Waals surface area contributed by atoms with E-state index in [4.69, 9.17) is 0 Å². The summed E-state index contributed by atoms with van der Waals surface area (Å²) in [6, 6.07) is 4.21. The van der Waals surface area contributed by atoms with Gasteiger partial charge in [0, 0.05) is 27.8 Å². The Morgan fingerprint density at radius 1 is 1.44 bits per heavy atom. The summed E-state index contributed by atoms with van der Waals surface area (Å²) >= 11 is 5.15. The number of nitrogens with one attached hydrogen (secondary N) is 1. The van der Waals surface area contributed by atoms with Gasteiger partial charge in [-0.25, -0.2) is 4.98 Å². The Bertz CT molecular complexity index is 484. The fraction of sp³-hybridized carbons (Fsp3) is 0.273. The molecular formula is C11H12BrN3S. The summed E-state index contributed by atoms with van der Waals surface area (Å²) < 4.78 is 0.980. The van der Waals surface area contributed by atoms with E-state index >= 15 is 0 Å². The summed E-state index contributed by atoms with van der Waals surface area (Å²) in [6.07, 6.45) is 3.69. The third kappa shape index (κ3) is 2.31. The number of hydrogen-bond donors (Lipinski definition) is 1. The standard InChI is InChI=1S/C11H12BrN3S/c1-7(13-2)9-6-15-11(16-9)10-8(12)4-3-5-14-10/h3-7,13H,1-2H3. The van der Waals surface area contributed by atoms with Crippen LogP contribution in [0.3, 0.4) is 0 Å². The Morgan fingerprint density at radius 2 is 2.25 bits per heavy atom. The van der Waals surface area contributed by atoms with Crippen LogP contribution < -0.4 is 5.32 Å². The van der Waals surface area contributed by atoms with E-state index in [1.54, 1.807) is 17.5 Å². The predicted molar refractivity (Wildman–Crippen MR) is 70.5 cm³/mol. The molecule has 0 aliphatic heterocycles. The van der Waals surface area contributed by atoms with Crippen LogP contribution in [0.1, 0.15) is 17.8 Å². The lowest BCUT2D eigenvalue weighted by Gasteiger charge is -2.04. The van der Waals surface area contributed by atoms with Gasteiger partial charge in [-0.3, -0.25) is 4.98 Å². The fourth-order valence-electron chi connectivity index (χ4n) is 1.28. The highest BCUT2D eigenvalue weighted by atomic mass is 79.9. The first-order chi connectivity index (χ1) is 7.72. The van der Waals surface area contributed by atoms with Gasteiger partial charge in [-0.05, 0) is 42.0 Å². The zero-order valence-electron chi connectivity index (χ0n) is 9.07. The molecular weight excluding hydrogens is 286 g/mol. The van der Waals surface area contributed by atoms with Crippen molar-refractivity contribution in [2.75, 3.05) is 7.05 Å². The van der Waals surface area contributed by atoms with Crippen molar-refractivity contribution in [3.8, 4) is 10.7 Å². The first kappa shape index (κ1) is 11.7. The van der Waals surface area contributed by atoms with Crippen molar-refractivity contribution in [2.45, 2.75) is 13.0 Å². The topological polar surface area (TPSA) is 37.8 Å². The van der Waals surface area contributed by atoms with Crippen LogP contribution in [0.15, 0.2) is 29.0 Å². The largest absolute Gasteiger partial charge is 0.312 e. The molecule has 3 nitrogen and oxygen atoms in total. The zero-order valence-corrected chi connectivity index (χ0v) is 11.5. The van der Waals surface area contributed by atoms with Crippen molar-refractivity contribution in [2.24, 2.45) is 0 Å². The summed E-state index contributed by atoms with van der Waals surface area (Å²) in [5.74, 6) is 0. The van der Waals surface area contributed by atoms with Crippen molar-refractivity contribution in [1.82, 2.24) is 15.3 Å². The lowest BCUT2D eigenvalue weighted by molar-refractivity contribution is 0.662. The van der Waals surface area contributed by atoms with E-state index in [0.717, 1.165) is 15.2 Å². The van der Waals surface area contributed by atoms with Crippen LogP contribution in [0.25, 0.3) is 10.7 Å². The van der Waals surface area contributed by atoms with Crippen LogP contribution in [-0.4, -0.2) is 17.0 Å². The Kier molecular flexibility index (Phi) is 3.68. The molecule has 0 amide bonds. The number of pyridine rings is 1. The van der Waals surface area contributed by atoms with E-state index in [-0.39, 0.29) is 0 Å². The highest BCUT2D eigenvalue weighted by molar-refractivity contribution is 9.10. The molecule has 0 aromatic carbocycles. The first-order valence-electron chi connectivity index (χ1n) is 4.96. The number of aromatic nitrogens is 2. The van der Waals surface area contributed by atoms with Crippen LogP contribution in [-0.2, 0) is 0 Å². The molecule has 0 radical (unpaired) electrons. The average molecular weight is 298 g/mol. The molecule has 2 heterocycles. The second kappa shape index (κ2) is 5.03. The number of hydrogen-bond acceptors (Lipinski definition) is 4. The van der Waals surface area contributed by atoms with Crippen LogP contribution in [0.2, 0.25) is 0 Å². The van der Waals surface area contributed by atoms with Crippen LogP contribution in [0.4, 0.5) is 0 Å². The van der Waals surface area contributed by atoms with Gasteiger partial charge in [0.15, 0.2) is 0 Å². The third-order valence-corrected chi connectivity index (χ3v) is 4.17. The minimum absolute atomic E-state index is 0.328. The Hall–Kier alpha value is -0.780. The van der Waals surface area contributed by atoms with Gasteiger partial charge >= 0.3 is 0 Å². The summed E-state index contributed by atoms with van der Waals surface area (Å²) in [5, 5.41) is 4.15. The van der Waals surface area contributed by atoms with E-state index in [9.17, 15) is 0 Å². The molecule has 2 aromatic rings. The van der Waals surface area contributed by atoms with Gasteiger partial charge in [0.05, 0.1) is 0 Å². The fourth-order valence-corrected chi connectivity index (χ4v) is 2.84. The SMILES string of the molecule is CNC(C)c1cnc(-c2ncccc2Br)s1. The number of rotatable bonds is 3. The normalized spacial score (nSPS) is 12.7. The maximum absolute atomic E-state index is 4.40. The summed E-state index contributed by atoms with van der Waals surface area (Å²) in [4.78, 5) is 9.95. The minimum atomic E-state index is 0.328. The van der Waals surface area contributed by atoms with Gasteiger partial charge in [0.1, 0.15) is 10.7 Å². The highest BCUT2D eigenvalue weighted by Gasteiger charge is 2.11. The van der Waals surface area contributed by atoms with Crippen LogP contribution in [0, 0.1) is 0 Å². The van der Waals surface area contributed by atoms with E-state index in [2.05, 4.69) is 38.1 Å². The molecule has 0 saturated carbocycles. The molecule has 0 spiro atoms. The quantitative estimate of drug-likeness (QED) is 0.945. The molecule has 1 unspecified atom stereocenters. The Labute approximate surface area is 107 Å². The molecule has 16 heavy (non-hydrogen) atoms. The van der Waals surface area contributed by atoms with Gasteiger partial charge in [0.25, 0.3) is 0 Å². The number of thiazole rings is 1. The second-order valence-electron chi connectivity index (χ2n) is 3.41. The molecule has 0 bridgehead atoms. The van der Waals surface area contributed by atoms with Crippen LogP contribution in [0.5, 0.6) is 0 Å². The molecule has 1 N–H and O–H groups in total. The van der Waals surface area contributed by atoms with E-state index < -0.39 is 0 Å². The molecule has 1 atom stereocenters. The summed E-state index contributed by atoms with van der Waals surface area (Å²) in [7, 11) is 1.95. The lowest BCUT2D eigenvalue weighted by Crippen LogP contribution is -2.10. The second-order valence-corrected chi connectivity index (χ2v) is 5.33. The predicted octanol–water partition coefficient (Wildman–Crippen LogP) is 3.25. The molecule has 5 heteroatoms. The smallest absolute Gasteiger partial charge is 0.143 e. The Morgan fingerprint density at radius 3 is 2.94 bits per heavy atom. The van der Waals surface area contributed by atoms with Gasteiger partial charge in [-0.2, -0.15) is 0 Å². The van der Waals surface area contributed by atoms with Crippen molar-refractivity contribution in [1.29, 1.82) is 0 Å². The third-order valence-electron chi connectivity index (χ3n) is 2.34. The molecule has 0 aliphatic carbocycles. The molecule has 0 aliphatic rings. The van der Waals surface area contributed by atoms with Crippen molar-refractivity contribution >= 4 is 27.3 Å². The van der Waals surface area contributed by atoms with Gasteiger partial charge in [0.2, 0.25) is 0 Å². The number of nitrogens with zero attached hydrogens (tertiary/aromatic N) is 2. The molecule has 0 fully saturated rings. The highest BCUT2D eigenvalue weighted by Crippen LogP contribution is 2.31. The van der Waals surface area contributed by atoms with E-state index in [0.29, 0.717) is 6.04 Å². The van der Waals surface area contributed by atoms with Gasteiger partial charge < -0.3 is 5.32 Å². The Balaban J connectivity index is 2.35. The average Bonchev–Trinajstić information content (AvgIpc) is 2.78. The maximum Gasteiger partial charge on any atom is 0.143 e. The summed E-state index contributed by atoms with van der Waals surface area (Å²) in [6.45, 7) is 2.12. The minimum Gasteiger partial charge on any atom is -0.312 e. The zero-order chi connectivity index (χ0) is 11.5.